The first-order valence-electron chi connectivity index (χ1n) is 6.37. The molecule has 6 heteroatoms. The summed E-state index contributed by atoms with van der Waals surface area (Å²) >= 11 is 1.85. The highest BCUT2D eigenvalue weighted by molar-refractivity contribution is 7.99. The van der Waals surface area contributed by atoms with Crippen LogP contribution < -0.4 is 5.32 Å². The Bertz CT molecular complexity index is 340. The van der Waals surface area contributed by atoms with Crippen LogP contribution in [0.2, 0.25) is 0 Å². The van der Waals surface area contributed by atoms with E-state index in [1.807, 2.05) is 23.5 Å². The average Bonchev–Trinajstić information content (AvgIpc) is 2.74. The molecule has 1 aliphatic rings. The molecule has 0 spiro atoms. The molecule has 1 aromatic heterocycles. The van der Waals surface area contributed by atoms with Gasteiger partial charge >= 0.3 is 0 Å². The van der Waals surface area contributed by atoms with Crippen LogP contribution in [-0.4, -0.2) is 39.0 Å². The van der Waals surface area contributed by atoms with Gasteiger partial charge in [0.25, 0.3) is 0 Å². The lowest BCUT2D eigenvalue weighted by Crippen LogP contribution is -2.19. The fourth-order valence-corrected chi connectivity index (χ4v) is 3.61. The standard InChI is InChI=1S/C11H21N5S/c1-9-4-3-5-10(8-9)17-11-13-14-15-16(11)7-6-12-2/h9-10,12H,3-8H2,1-2H3. The lowest BCUT2D eigenvalue weighted by atomic mass is 9.91. The predicted molar refractivity (Wildman–Crippen MR) is 69.0 cm³/mol. The zero-order valence-corrected chi connectivity index (χ0v) is 11.4. The number of likely N-dealkylation sites (N-methyl/N-ethyl adjacent to an activating group) is 1. The van der Waals surface area contributed by atoms with Crippen LogP contribution in [-0.2, 0) is 6.54 Å². The van der Waals surface area contributed by atoms with Gasteiger partial charge < -0.3 is 5.32 Å². The van der Waals surface area contributed by atoms with E-state index in [1.54, 1.807) is 0 Å². The predicted octanol–water partition coefficient (Wildman–Crippen LogP) is 1.56. The summed E-state index contributed by atoms with van der Waals surface area (Å²) in [6.45, 7) is 4.09. The van der Waals surface area contributed by atoms with E-state index in [1.165, 1.54) is 25.7 Å². The minimum atomic E-state index is 0.693. The summed E-state index contributed by atoms with van der Waals surface area (Å²) in [4.78, 5) is 0. The van der Waals surface area contributed by atoms with E-state index in [9.17, 15) is 0 Å². The molecule has 0 bridgehead atoms. The van der Waals surface area contributed by atoms with Crippen LogP contribution in [0.4, 0.5) is 0 Å². The maximum atomic E-state index is 4.13. The van der Waals surface area contributed by atoms with E-state index < -0.39 is 0 Å². The smallest absolute Gasteiger partial charge is 0.209 e. The number of hydrogen-bond donors (Lipinski definition) is 1. The summed E-state index contributed by atoms with van der Waals surface area (Å²) in [5.41, 5.74) is 0. The lowest BCUT2D eigenvalue weighted by Gasteiger charge is -2.25. The van der Waals surface area contributed by atoms with Gasteiger partial charge in [-0.05, 0) is 36.2 Å². The normalized spacial score (nSPS) is 25.1. The Balaban J connectivity index is 1.91. The number of tetrazole rings is 1. The summed E-state index contributed by atoms with van der Waals surface area (Å²) in [5.74, 6) is 0.850. The van der Waals surface area contributed by atoms with Crippen LogP contribution in [0, 0.1) is 5.92 Å². The molecule has 96 valence electrons. The average molecular weight is 255 g/mol. The molecule has 1 fully saturated rings. The molecule has 2 atom stereocenters. The minimum absolute atomic E-state index is 0.693. The van der Waals surface area contributed by atoms with Crippen LogP contribution in [0.5, 0.6) is 0 Å². The van der Waals surface area contributed by atoms with Crippen molar-refractivity contribution in [2.24, 2.45) is 5.92 Å². The van der Waals surface area contributed by atoms with Crippen molar-refractivity contribution >= 4 is 11.8 Å². The number of hydrogen-bond acceptors (Lipinski definition) is 5. The van der Waals surface area contributed by atoms with Crippen LogP contribution in [0.15, 0.2) is 5.16 Å². The van der Waals surface area contributed by atoms with Crippen LogP contribution in [0.25, 0.3) is 0 Å². The van der Waals surface area contributed by atoms with Crippen LogP contribution in [0.1, 0.15) is 32.6 Å². The molecule has 0 aromatic carbocycles. The fraction of sp³-hybridized carbons (Fsp3) is 0.909. The Labute approximate surface area is 107 Å². The highest BCUT2D eigenvalue weighted by Crippen LogP contribution is 2.34. The van der Waals surface area contributed by atoms with E-state index >= 15 is 0 Å². The number of thioether (sulfide) groups is 1. The first kappa shape index (κ1) is 12.8. The van der Waals surface area contributed by atoms with E-state index in [4.69, 9.17) is 0 Å². The molecule has 5 nitrogen and oxygen atoms in total. The molecule has 17 heavy (non-hydrogen) atoms. The number of aromatic nitrogens is 4. The molecule has 1 aliphatic carbocycles. The SMILES string of the molecule is CNCCn1nnnc1SC1CCCC(C)C1. The van der Waals surface area contributed by atoms with Crippen molar-refractivity contribution in [3.63, 3.8) is 0 Å². The second-order valence-corrected chi connectivity index (χ2v) is 6.07. The van der Waals surface area contributed by atoms with Crippen molar-refractivity contribution in [3.05, 3.63) is 0 Å². The number of nitrogens with zero attached hydrogens (tertiary/aromatic N) is 4. The monoisotopic (exact) mass is 255 g/mol. The molecule has 1 heterocycles. The molecule has 1 saturated carbocycles. The van der Waals surface area contributed by atoms with E-state index in [0.29, 0.717) is 5.25 Å². The van der Waals surface area contributed by atoms with Gasteiger partial charge in [0.2, 0.25) is 5.16 Å². The van der Waals surface area contributed by atoms with Gasteiger partial charge in [-0.15, -0.1) is 5.10 Å². The molecule has 0 saturated heterocycles. The van der Waals surface area contributed by atoms with Crippen molar-refractivity contribution in [2.45, 2.75) is 49.6 Å². The lowest BCUT2D eigenvalue weighted by molar-refractivity contribution is 0.393. The highest BCUT2D eigenvalue weighted by Gasteiger charge is 2.22. The fourth-order valence-electron chi connectivity index (χ4n) is 2.27. The molecule has 2 unspecified atom stereocenters. The van der Waals surface area contributed by atoms with Crippen molar-refractivity contribution in [1.82, 2.24) is 25.5 Å². The Morgan fingerprint density at radius 3 is 3.12 bits per heavy atom. The Kier molecular flexibility index (Phi) is 4.79. The van der Waals surface area contributed by atoms with Gasteiger partial charge in [-0.3, -0.25) is 0 Å². The van der Waals surface area contributed by atoms with Crippen LogP contribution in [0.3, 0.4) is 0 Å². The highest BCUT2D eigenvalue weighted by atomic mass is 32.2. The van der Waals surface area contributed by atoms with Gasteiger partial charge in [0.1, 0.15) is 0 Å². The Hall–Kier alpha value is -0.620. The summed E-state index contributed by atoms with van der Waals surface area (Å²) in [7, 11) is 1.94. The molecule has 0 amide bonds. The van der Waals surface area contributed by atoms with Gasteiger partial charge in [-0.25, -0.2) is 4.68 Å². The maximum absolute atomic E-state index is 4.13. The quantitative estimate of drug-likeness (QED) is 0.865. The van der Waals surface area contributed by atoms with Gasteiger partial charge in [0.15, 0.2) is 0 Å². The largest absolute Gasteiger partial charge is 0.318 e. The van der Waals surface area contributed by atoms with Crippen molar-refractivity contribution < 1.29 is 0 Å². The second-order valence-electron chi connectivity index (χ2n) is 4.80. The summed E-state index contributed by atoms with van der Waals surface area (Å²) in [6.07, 6.45) is 5.32. The maximum Gasteiger partial charge on any atom is 0.209 e. The molecular weight excluding hydrogens is 234 g/mol. The van der Waals surface area contributed by atoms with E-state index in [-0.39, 0.29) is 0 Å². The molecular formula is C11H21N5S. The molecule has 1 N–H and O–H groups in total. The first-order valence-corrected chi connectivity index (χ1v) is 7.25. The summed E-state index contributed by atoms with van der Waals surface area (Å²) < 4.78 is 1.90. The van der Waals surface area contributed by atoms with E-state index in [0.717, 1.165) is 24.2 Å². The topological polar surface area (TPSA) is 55.6 Å². The molecule has 0 radical (unpaired) electrons. The zero-order valence-electron chi connectivity index (χ0n) is 10.6. The number of nitrogens with one attached hydrogen (secondary N) is 1. The first-order chi connectivity index (χ1) is 8.29. The Morgan fingerprint density at radius 1 is 1.47 bits per heavy atom. The van der Waals surface area contributed by atoms with Crippen molar-refractivity contribution in [1.29, 1.82) is 0 Å². The van der Waals surface area contributed by atoms with Gasteiger partial charge in [0, 0.05) is 11.8 Å². The second kappa shape index (κ2) is 6.35. The molecule has 0 aliphatic heterocycles. The zero-order chi connectivity index (χ0) is 12.1. The van der Waals surface area contributed by atoms with Crippen molar-refractivity contribution in [3.8, 4) is 0 Å². The third-order valence-electron chi connectivity index (χ3n) is 3.23. The summed E-state index contributed by atoms with van der Waals surface area (Å²) in [5, 5.41) is 16.7. The molecule has 1 aromatic rings. The minimum Gasteiger partial charge on any atom is -0.318 e. The number of rotatable bonds is 5. The Morgan fingerprint density at radius 2 is 2.35 bits per heavy atom. The summed E-state index contributed by atoms with van der Waals surface area (Å²) in [6, 6.07) is 0. The van der Waals surface area contributed by atoms with Crippen molar-refractivity contribution in [2.75, 3.05) is 13.6 Å². The third-order valence-corrected chi connectivity index (χ3v) is 4.50. The van der Waals surface area contributed by atoms with Crippen LogP contribution >= 0.6 is 11.8 Å². The van der Waals surface area contributed by atoms with E-state index in [2.05, 4.69) is 27.8 Å². The van der Waals surface area contributed by atoms with Gasteiger partial charge in [0.05, 0.1) is 6.54 Å². The molecule has 2 rings (SSSR count). The van der Waals surface area contributed by atoms with Gasteiger partial charge in [-0.1, -0.05) is 31.5 Å². The van der Waals surface area contributed by atoms with Gasteiger partial charge in [-0.2, -0.15) is 0 Å². The third kappa shape index (κ3) is 3.67.